The topological polar surface area (TPSA) is 20.3 Å². The molecule has 20 heavy (non-hydrogen) atoms. The van der Waals surface area contributed by atoms with E-state index in [0.717, 1.165) is 5.56 Å². The van der Waals surface area contributed by atoms with Crippen molar-refractivity contribution < 1.29 is 9.18 Å². The average molecular weight is 269 g/mol. The first kappa shape index (κ1) is 14.0. The van der Waals surface area contributed by atoms with Crippen molar-refractivity contribution in [3.05, 3.63) is 72.1 Å². The maximum atomic E-state index is 12.8. The largest absolute Gasteiger partial charge is 0.315 e. The van der Waals surface area contributed by atoms with Crippen molar-refractivity contribution >= 4 is 17.7 Å². The Kier molecular flexibility index (Phi) is 4.66. The van der Waals surface area contributed by atoms with Crippen LogP contribution < -0.4 is 4.90 Å². The molecule has 0 saturated carbocycles. The van der Waals surface area contributed by atoms with E-state index in [1.807, 2.05) is 42.5 Å². The predicted octanol–water partition coefficient (Wildman–Crippen LogP) is 3.89. The SMILES string of the molecule is CN(C(=O)C/C=C/c1ccccc1)c1ccc(F)cc1. The summed E-state index contributed by atoms with van der Waals surface area (Å²) in [6, 6.07) is 15.7. The normalized spacial score (nSPS) is 10.7. The Hall–Kier alpha value is -2.42. The lowest BCUT2D eigenvalue weighted by Gasteiger charge is -2.16. The molecule has 0 heterocycles. The number of carbonyl (C=O) groups is 1. The van der Waals surface area contributed by atoms with Crippen molar-refractivity contribution in [3.8, 4) is 0 Å². The first-order valence-electron chi connectivity index (χ1n) is 6.40. The van der Waals surface area contributed by atoms with Crippen LogP contribution in [0, 0.1) is 5.82 Å². The third-order valence-electron chi connectivity index (χ3n) is 2.99. The molecule has 0 bridgehead atoms. The zero-order chi connectivity index (χ0) is 14.4. The molecule has 0 aliphatic carbocycles. The van der Waals surface area contributed by atoms with E-state index in [0.29, 0.717) is 12.1 Å². The average Bonchev–Trinajstić information content (AvgIpc) is 2.48. The minimum Gasteiger partial charge on any atom is -0.315 e. The maximum absolute atomic E-state index is 12.8. The molecule has 0 fully saturated rings. The van der Waals surface area contributed by atoms with Crippen LogP contribution in [0.25, 0.3) is 6.08 Å². The first-order chi connectivity index (χ1) is 9.66. The van der Waals surface area contributed by atoms with Gasteiger partial charge in [-0.05, 0) is 29.8 Å². The summed E-state index contributed by atoms with van der Waals surface area (Å²) in [5.41, 5.74) is 1.74. The van der Waals surface area contributed by atoms with Crippen molar-refractivity contribution in [3.63, 3.8) is 0 Å². The van der Waals surface area contributed by atoms with E-state index in [2.05, 4.69) is 0 Å². The Bertz CT molecular complexity index is 590. The molecule has 1 amide bonds. The highest BCUT2D eigenvalue weighted by atomic mass is 19.1. The number of hydrogen-bond acceptors (Lipinski definition) is 1. The predicted molar refractivity (Wildman–Crippen MR) is 79.9 cm³/mol. The molecule has 102 valence electrons. The highest BCUT2D eigenvalue weighted by Gasteiger charge is 2.08. The van der Waals surface area contributed by atoms with E-state index < -0.39 is 0 Å². The van der Waals surface area contributed by atoms with E-state index in [1.54, 1.807) is 19.2 Å². The molecular formula is C17H16FNO. The summed E-state index contributed by atoms with van der Waals surface area (Å²) in [4.78, 5) is 13.5. The van der Waals surface area contributed by atoms with Crippen LogP contribution in [0.3, 0.4) is 0 Å². The molecule has 2 nitrogen and oxygen atoms in total. The molecule has 0 spiro atoms. The van der Waals surface area contributed by atoms with Gasteiger partial charge in [-0.25, -0.2) is 4.39 Å². The molecule has 0 aliphatic heterocycles. The Morgan fingerprint density at radius 1 is 1.10 bits per heavy atom. The van der Waals surface area contributed by atoms with Crippen LogP contribution in [0.2, 0.25) is 0 Å². The number of hydrogen-bond donors (Lipinski definition) is 0. The van der Waals surface area contributed by atoms with Gasteiger partial charge in [-0.15, -0.1) is 0 Å². The van der Waals surface area contributed by atoms with Crippen molar-refractivity contribution in [2.75, 3.05) is 11.9 Å². The number of halogens is 1. The van der Waals surface area contributed by atoms with Gasteiger partial charge in [0, 0.05) is 19.2 Å². The lowest BCUT2D eigenvalue weighted by atomic mass is 10.2. The molecule has 2 rings (SSSR count). The van der Waals surface area contributed by atoms with Crippen molar-refractivity contribution in [1.82, 2.24) is 0 Å². The van der Waals surface area contributed by atoms with Gasteiger partial charge in [-0.1, -0.05) is 42.5 Å². The minimum atomic E-state index is -0.307. The van der Waals surface area contributed by atoms with Crippen LogP contribution >= 0.6 is 0 Å². The monoisotopic (exact) mass is 269 g/mol. The third-order valence-corrected chi connectivity index (χ3v) is 2.99. The molecule has 2 aromatic carbocycles. The Morgan fingerprint density at radius 3 is 2.40 bits per heavy atom. The fraction of sp³-hybridized carbons (Fsp3) is 0.118. The molecule has 0 aliphatic rings. The van der Waals surface area contributed by atoms with Crippen LogP contribution in [-0.2, 0) is 4.79 Å². The van der Waals surface area contributed by atoms with Gasteiger partial charge in [0.2, 0.25) is 5.91 Å². The van der Waals surface area contributed by atoms with Crippen molar-refractivity contribution in [2.45, 2.75) is 6.42 Å². The van der Waals surface area contributed by atoms with Crippen LogP contribution in [0.5, 0.6) is 0 Å². The van der Waals surface area contributed by atoms with Crippen molar-refractivity contribution in [1.29, 1.82) is 0 Å². The van der Waals surface area contributed by atoms with E-state index in [4.69, 9.17) is 0 Å². The summed E-state index contributed by atoms with van der Waals surface area (Å²) in [5.74, 6) is -0.345. The van der Waals surface area contributed by atoms with E-state index >= 15 is 0 Å². The second-order valence-corrected chi connectivity index (χ2v) is 4.45. The van der Waals surface area contributed by atoms with Gasteiger partial charge in [0.1, 0.15) is 5.82 Å². The van der Waals surface area contributed by atoms with Gasteiger partial charge < -0.3 is 4.90 Å². The van der Waals surface area contributed by atoms with E-state index in [-0.39, 0.29) is 11.7 Å². The fourth-order valence-electron chi connectivity index (χ4n) is 1.81. The lowest BCUT2D eigenvalue weighted by molar-refractivity contribution is -0.117. The third kappa shape index (κ3) is 3.79. The fourth-order valence-corrected chi connectivity index (χ4v) is 1.81. The lowest BCUT2D eigenvalue weighted by Crippen LogP contribution is -2.25. The summed E-state index contributed by atoms with van der Waals surface area (Å²) in [7, 11) is 1.69. The summed E-state index contributed by atoms with van der Waals surface area (Å²) in [6.07, 6.45) is 4.05. The van der Waals surface area contributed by atoms with Gasteiger partial charge in [-0.3, -0.25) is 4.79 Å². The molecule has 0 unspecified atom stereocenters. The second kappa shape index (κ2) is 6.66. The molecule has 3 heteroatoms. The number of nitrogens with zero attached hydrogens (tertiary/aromatic N) is 1. The van der Waals surface area contributed by atoms with Crippen molar-refractivity contribution in [2.24, 2.45) is 0 Å². The van der Waals surface area contributed by atoms with E-state index in [9.17, 15) is 9.18 Å². The second-order valence-electron chi connectivity index (χ2n) is 4.45. The standard InChI is InChI=1S/C17H16FNO/c1-19(16-12-10-15(18)11-13-16)17(20)9-5-8-14-6-3-2-4-7-14/h2-8,10-13H,9H2,1H3/b8-5+. The molecule has 2 aromatic rings. The number of amides is 1. The number of benzene rings is 2. The van der Waals surface area contributed by atoms with Gasteiger partial charge in [0.05, 0.1) is 0 Å². The van der Waals surface area contributed by atoms with Crippen LogP contribution in [-0.4, -0.2) is 13.0 Å². The van der Waals surface area contributed by atoms with Crippen LogP contribution in [0.15, 0.2) is 60.7 Å². The first-order valence-corrected chi connectivity index (χ1v) is 6.40. The van der Waals surface area contributed by atoms with Crippen LogP contribution in [0.1, 0.15) is 12.0 Å². The summed E-state index contributed by atoms with van der Waals surface area (Å²) in [5, 5.41) is 0. The molecule has 0 aromatic heterocycles. The quantitative estimate of drug-likeness (QED) is 0.824. The smallest absolute Gasteiger partial charge is 0.230 e. The summed E-state index contributed by atoms with van der Waals surface area (Å²) < 4.78 is 12.8. The van der Waals surface area contributed by atoms with Crippen LogP contribution in [0.4, 0.5) is 10.1 Å². The maximum Gasteiger partial charge on any atom is 0.230 e. The Morgan fingerprint density at radius 2 is 1.75 bits per heavy atom. The molecular weight excluding hydrogens is 253 g/mol. The van der Waals surface area contributed by atoms with Gasteiger partial charge >= 0.3 is 0 Å². The van der Waals surface area contributed by atoms with Gasteiger partial charge in [0.25, 0.3) is 0 Å². The highest BCUT2D eigenvalue weighted by Crippen LogP contribution is 2.14. The van der Waals surface area contributed by atoms with Gasteiger partial charge in [0.15, 0.2) is 0 Å². The highest BCUT2D eigenvalue weighted by molar-refractivity contribution is 5.94. The minimum absolute atomic E-state index is 0.0382. The Labute approximate surface area is 118 Å². The number of carbonyl (C=O) groups excluding carboxylic acids is 1. The number of anilines is 1. The molecule has 0 radical (unpaired) electrons. The molecule has 0 N–H and O–H groups in total. The zero-order valence-electron chi connectivity index (χ0n) is 11.3. The van der Waals surface area contributed by atoms with E-state index in [1.165, 1.54) is 17.0 Å². The van der Waals surface area contributed by atoms with Gasteiger partial charge in [-0.2, -0.15) is 0 Å². The summed E-state index contributed by atoms with van der Waals surface area (Å²) >= 11 is 0. The summed E-state index contributed by atoms with van der Waals surface area (Å²) in [6.45, 7) is 0. The number of rotatable bonds is 4. The zero-order valence-corrected chi connectivity index (χ0v) is 11.3. The Balaban J connectivity index is 1.95. The molecule has 0 saturated heterocycles. The molecule has 0 atom stereocenters.